The van der Waals surface area contributed by atoms with E-state index in [9.17, 15) is 0 Å². The molecule has 0 saturated carbocycles. The molecule has 0 saturated heterocycles. The summed E-state index contributed by atoms with van der Waals surface area (Å²) in [5.74, 6) is 0.443. The molecule has 0 N–H and O–H groups in total. The summed E-state index contributed by atoms with van der Waals surface area (Å²) >= 11 is 0. The third-order valence-electron chi connectivity index (χ3n) is 3.05. The van der Waals surface area contributed by atoms with Crippen molar-refractivity contribution >= 4 is 21.8 Å². The molecule has 1 aromatic carbocycles. The van der Waals surface area contributed by atoms with Crippen LogP contribution in [0.25, 0.3) is 21.8 Å². The van der Waals surface area contributed by atoms with Gasteiger partial charge in [0.05, 0.1) is 11.0 Å². The van der Waals surface area contributed by atoms with Gasteiger partial charge in [-0.1, -0.05) is 38.1 Å². The topological polar surface area (TPSA) is 25.8 Å². The normalized spacial score (nSPS) is 11.5. The number of fused-ring (bicyclic) bond motifs is 3. The lowest BCUT2D eigenvalue weighted by atomic mass is 10.1. The van der Waals surface area contributed by atoms with Crippen LogP contribution in [0.2, 0.25) is 0 Å². The maximum absolute atomic E-state index is 4.74. The Morgan fingerprint density at radius 3 is 2.35 bits per heavy atom. The van der Waals surface area contributed by atoms with E-state index in [1.165, 1.54) is 0 Å². The SMILES string of the molecule is CC(C)c1ccc2ccc3cccnc3c2n1. The van der Waals surface area contributed by atoms with Crippen LogP contribution in [0.3, 0.4) is 0 Å². The van der Waals surface area contributed by atoms with Crippen molar-refractivity contribution in [2.45, 2.75) is 19.8 Å². The molecular weight excluding hydrogens is 208 g/mol. The van der Waals surface area contributed by atoms with Crippen LogP contribution in [0.1, 0.15) is 25.5 Å². The van der Waals surface area contributed by atoms with Gasteiger partial charge in [-0.15, -0.1) is 0 Å². The number of benzene rings is 1. The van der Waals surface area contributed by atoms with Gasteiger partial charge in [0, 0.05) is 22.7 Å². The molecule has 0 bridgehead atoms. The third kappa shape index (κ3) is 1.66. The first-order valence-electron chi connectivity index (χ1n) is 5.90. The van der Waals surface area contributed by atoms with Gasteiger partial charge in [0.15, 0.2) is 0 Å². The molecule has 2 heteroatoms. The number of pyridine rings is 2. The maximum atomic E-state index is 4.74. The summed E-state index contributed by atoms with van der Waals surface area (Å²) < 4.78 is 0. The lowest BCUT2D eigenvalue weighted by Crippen LogP contribution is -1.93. The molecule has 84 valence electrons. The predicted molar refractivity (Wildman–Crippen MR) is 71.1 cm³/mol. The third-order valence-corrected chi connectivity index (χ3v) is 3.05. The maximum Gasteiger partial charge on any atom is 0.0967 e. The summed E-state index contributed by atoms with van der Waals surface area (Å²) in [6.45, 7) is 4.32. The van der Waals surface area contributed by atoms with E-state index in [4.69, 9.17) is 4.98 Å². The first kappa shape index (κ1) is 10.2. The van der Waals surface area contributed by atoms with Gasteiger partial charge in [0.2, 0.25) is 0 Å². The Bertz CT molecular complexity index is 687. The minimum absolute atomic E-state index is 0.443. The van der Waals surface area contributed by atoms with Crippen molar-refractivity contribution in [3.05, 3.63) is 48.3 Å². The molecule has 2 aromatic heterocycles. The van der Waals surface area contributed by atoms with Gasteiger partial charge in [0.1, 0.15) is 0 Å². The van der Waals surface area contributed by atoms with Crippen LogP contribution in [-0.4, -0.2) is 9.97 Å². The van der Waals surface area contributed by atoms with Gasteiger partial charge in [-0.3, -0.25) is 9.97 Å². The van der Waals surface area contributed by atoms with Crippen molar-refractivity contribution in [1.29, 1.82) is 0 Å². The second kappa shape index (κ2) is 3.81. The molecule has 17 heavy (non-hydrogen) atoms. The molecule has 0 fully saturated rings. The molecule has 0 aliphatic carbocycles. The Hall–Kier alpha value is -1.96. The summed E-state index contributed by atoms with van der Waals surface area (Å²) in [4.78, 5) is 9.19. The molecule has 0 spiro atoms. The molecule has 2 nitrogen and oxygen atoms in total. The Labute approximate surface area is 100 Å². The molecular formula is C15H14N2. The van der Waals surface area contributed by atoms with E-state index in [0.29, 0.717) is 5.92 Å². The standard InChI is InChI=1S/C15H14N2/c1-10(2)13-8-7-12-6-5-11-4-3-9-16-14(11)15(12)17-13/h3-10H,1-2H3. The Kier molecular flexibility index (Phi) is 2.29. The summed E-state index contributed by atoms with van der Waals surface area (Å²) in [5, 5.41) is 2.30. The van der Waals surface area contributed by atoms with Crippen molar-refractivity contribution in [2.75, 3.05) is 0 Å². The lowest BCUT2D eigenvalue weighted by molar-refractivity contribution is 0.830. The quantitative estimate of drug-likeness (QED) is 0.583. The highest BCUT2D eigenvalue weighted by molar-refractivity contribution is 6.02. The highest BCUT2D eigenvalue weighted by Gasteiger charge is 2.06. The van der Waals surface area contributed by atoms with E-state index in [2.05, 4.69) is 49.2 Å². The Morgan fingerprint density at radius 2 is 1.59 bits per heavy atom. The van der Waals surface area contributed by atoms with Crippen LogP contribution >= 0.6 is 0 Å². The zero-order chi connectivity index (χ0) is 11.8. The molecule has 3 rings (SSSR count). The van der Waals surface area contributed by atoms with Gasteiger partial charge in [0.25, 0.3) is 0 Å². The van der Waals surface area contributed by atoms with Crippen molar-refractivity contribution in [3.8, 4) is 0 Å². The van der Waals surface area contributed by atoms with Crippen LogP contribution in [0.5, 0.6) is 0 Å². The highest BCUT2D eigenvalue weighted by Crippen LogP contribution is 2.23. The van der Waals surface area contributed by atoms with Crippen LogP contribution < -0.4 is 0 Å². The van der Waals surface area contributed by atoms with Crippen LogP contribution in [0, 0.1) is 0 Å². The van der Waals surface area contributed by atoms with E-state index in [0.717, 1.165) is 27.5 Å². The van der Waals surface area contributed by atoms with Crippen molar-refractivity contribution in [1.82, 2.24) is 9.97 Å². The van der Waals surface area contributed by atoms with Crippen molar-refractivity contribution < 1.29 is 0 Å². The van der Waals surface area contributed by atoms with Gasteiger partial charge in [-0.05, 0) is 18.1 Å². The molecule has 0 radical (unpaired) electrons. The second-order valence-electron chi connectivity index (χ2n) is 4.60. The van der Waals surface area contributed by atoms with Gasteiger partial charge in [-0.25, -0.2) is 0 Å². The second-order valence-corrected chi connectivity index (χ2v) is 4.60. The van der Waals surface area contributed by atoms with Crippen molar-refractivity contribution in [2.24, 2.45) is 0 Å². The first-order chi connectivity index (χ1) is 8.25. The van der Waals surface area contributed by atoms with Crippen LogP contribution in [0.4, 0.5) is 0 Å². The fourth-order valence-corrected chi connectivity index (χ4v) is 2.06. The number of nitrogens with zero attached hydrogens (tertiary/aromatic N) is 2. The molecule has 0 aliphatic rings. The lowest BCUT2D eigenvalue weighted by Gasteiger charge is -2.07. The van der Waals surface area contributed by atoms with E-state index in [1.807, 2.05) is 12.3 Å². The Morgan fingerprint density at radius 1 is 0.882 bits per heavy atom. The minimum atomic E-state index is 0.443. The van der Waals surface area contributed by atoms with Gasteiger partial charge in [-0.2, -0.15) is 0 Å². The zero-order valence-electron chi connectivity index (χ0n) is 10.0. The fraction of sp³-hybridized carbons (Fsp3) is 0.200. The molecule has 0 aliphatic heterocycles. The predicted octanol–water partition coefficient (Wildman–Crippen LogP) is 3.91. The number of aromatic nitrogens is 2. The van der Waals surface area contributed by atoms with E-state index in [-0.39, 0.29) is 0 Å². The first-order valence-corrected chi connectivity index (χ1v) is 5.90. The van der Waals surface area contributed by atoms with E-state index < -0.39 is 0 Å². The Balaban J connectivity index is 2.42. The molecule has 0 unspecified atom stereocenters. The molecule has 0 atom stereocenters. The van der Waals surface area contributed by atoms with Crippen LogP contribution in [-0.2, 0) is 0 Å². The smallest absolute Gasteiger partial charge is 0.0967 e. The minimum Gasteiger partial charge on any atom is -0.254 e. The van der Waals surface area contributed by atoms with E-state index in [1.54, 1.807) is 0 Å². The highest BCUT2D eigenvalue weighted by atomic mass is 14.8. The summed E-state index contributed by atoms with van der Waals surface area (Å²) in [7, 11) is 0. The van der Waals surface area contributed by atoms with Gasteiger partial charge >= 0.3 is 0 Å². The summed E-state index contributed by atoms with van der Waals surface area (Å²) in [5.41, 5.74) is 3.12. The molecule has 3 aromatic rings. The largest absolute Gasteiger partial charge is 0.254 e. The summed E-state index contributed by atoms with van der Waals surface area (Å²) in [6.07, 6.45) is 1.82. The fourth-order valence-electron chi connectivity index (χ4n) is 2.06. The number of hydrogen-bond donors (Lipinski definition) is 0. The average molecular weight is 222 g/mol. The van der Waals surface area contributed by atoms with E-state index >= 15 is 0 Å². The molecule has 0 amide bonds. The average Bonchev–Trinajstić information content (AvgIpc) is 2.38. The monoisotopic (exact) mass is 222 g/mol. The number of rotatable bonds is 1. The molecule has 2 heterocycles. The number of hydrogen-bond acceptors (Lipinski definition) is 2. The summed E-state index contributed by atoms with van der Waals surface area (Å²) in [6, 6.07) is 12.5. The van der Waals surface area contributed by atoms with Crippen molar-refractivity contribution in [3.63, 3.8) is 0 Å². The zero-order valence-corrected chi connectivity index (χ0v) is 10.0. The van der Waals surface area contributed by atoms with Gasteiger partial charge < -0.3 is 0 Å². The van der Waals surface area contributed by atoms with Crippen LogP contribution in [0.15, 0.2) is 42.6 Å².